The minimum atomic E-state index is -0.203. The molecule has 0 aliphatic heterocycles. The van der Waals surface area contributed by atoms with E-state index in [9.17, 15) is 9.59 Å². The van der Waals surface area contributed by atoms with Crippen LogP contribution in [0.2, 0.25) is 0 Å². The van der Waals surface area contributed by atoms with Gasteiger partial charge in [0.15, 0.2) is 0 Å². The van der Waals surface area contributed by atoms with E-state index >= 15 is 0 Å². The second-order valence-electron chi connectivity index (χ2n) is 11.7. The smallest absolute Gasteiger partial charge is 0.330 e. The number of allylic oxidation sites excluding steroid dienone is 2. The standard InChI is InChI=1S/C37H67NO5/c1-4-7-9-11-19-25-31-36(39)41-33-27-21-15-13-17-23-29-35(43-38-6-3)30-24-18-14-16-22-28-34-42-37(40)32-26-20-12-10-8-5-2/h6,25-26,31-32,35H,4-5,7-24,27-30,33-34H2,1-3H3/b31-25-,32-26-,38-6+. The highest BCUT2D eigenvalue weighted by Gasteiger charge is 2.09. The van der Waals surface area contributed by atoms with E-state index in [0.29, 0.717) is 13.2 Å². The summed E-state index contributed by atoms with van der Waals surface area (Å²) in [5, 5.41) is 4.05. The number of oxime groups is 1. The summed E-state index contributed by atoms with van der Waals surface area (Å²) in [7, 11) is 0. The number of nitrogens with zero attached hydrogens (tertiary/aromatic N) is 1. The zero-order chi connectivity index (χ0) is 31.5. The van der Waals surface area contributed by atoms with Crippen molar-refractivity contribution in [3.63, 3.8) is 0 Å². The Labute approximate surface area is 265 Å². The number of esters is 2. The van der Waals surface area contributed by atoms with Crippen LogP contribution in [0.1, 0.15) is 175 Å². The summed E-state index contributed by atoms with van der Waals surface area (Å²) in [5.41, 5.74) is 0. The Morgan fingerprint density at radius 2 is 0.953 bits per heavy atom. The molecule has 0 saturated heterocycles. The quantitative estimate of drug-likeness (QED) is 0.0251. The van der Waals surface area contributed by atoms with Crippen LogP contribution in [-0.2, 0) is 23.9 Å². The van der Waals surface area contributed by atoms with Crippen LogP contribution in [0.4, 0.5) is 0 Å². The Morgan fingerprint density at radius 1 is 0.558 bits per heavy atom. The molecule has 0 rings (SSSR count). The van der Waals surface area contributed by atoms with Gasteiger partial charge in [0, 0.05) is 18.4 Å². The van der Waals surface area contributed by atoms with Crippen LogP contribution < -0.4 is 0 Å². The van der Waals surface area contributed by atoms with E-state index < -0.39 is 0 Å². The maximum absolute atomic E-state index is 11.7. The van der Waals surface area contributed by atoms with E-state index in [1.807, 2.05) is 19.1 Å². The van der Waals surface area contributed by atoms with Crippen molar-refractivity contribution < 1.29 is 23.9 Å². The number of ether oxygens (including phenoxy) is 2. The van der Waals surface area contributed by atoms with Crippen molar-refractivity contribution in [2.24, 2.45) is 5.16 Å². The molecular formula is C37H67NO5. The Balaban J connectivity index is 3.68. The summed E-state index contributed by atoms with van der Waals surface area (Å²) in [5.74, 6) is -0.406. The number of carbonyl (C=O) groups is 2. The third-order valence-corrected chi connectivity index (χ3v) is 7.60. The van der Waals surface area contributed by atoms with Crippen molar-refractivity contribution in [3.8, 4) is 0 Å². The highest BCUT2D eigenvalue weighted by molar-refractivity contribution is 5.82. The lowest BCUT2D eigenvalue weighted by molar-refractivity contribution is -0.138. The minimum Gasteiger partial charge on any atom is -0.463 e. The first-order chi connectivity index (χ1) is 21.1. The first-order valence-electron chi connectivity index (χ1n) is 17.9. The molecule has 0 aliphatic carbocycles. The van der Waals surface area contributed by atoms with Crippen LogP contribution >= 0.6 is 0 Å². The van der Waals surface area contributed by atoms with Gasteiger partial charge in [-0.05, 0) is 71.1 Å². The Morgan fingerprint density at radius 3 is 1.37 bits per heavy atom. The second-order valence-corrected chi connectivity index (χ2v) is 11.7. The van der Waals surface area contributed by atoms with Crippen LogP contribution in [0.25, 0.3) is 0 Å². The molecule has 0 aromatic rings. The number of rotatable bonds is 32. The minimum absolute atomic E-state index is 0.203. The van der Waals surface area contributed by atoms with Gasteiger partial charge in [-0.25, -0.2) is 9.59 Å². The molecule has 0 N–H and O–H groups in total. The van der Waals surface area contributed by atoms with Crippen LogP contribution in [0, 0.1) is 0 Å². The molecule has 0 amide bonds. The highest BCUT2D eigenvalue weighted by atomic mass is 16.6. The summed E-state index contributed by atoms with van der Waals surface area (Å²) < 4.78 is 10.6. The van der Waals surface area contributed by atoms with E-state index in [1.165, 1.54) is 77.0 Å². The molecule has 6 nitrogen and oxygen atoms in total. The number of hydrogen-bond acceptors (Lipinski definition) is 6. The predicted molar refractivity (Wildman–Crippen MR) is 181 cm³/mol. The summed E-state index contributed by atoms with van der Waals surface area (Å²) in [6, 6.07) is 0. The highest BCUT2D eigenvalue weighted by Crippen LogP contribution is 2.17. The topological polar surface area (TPSA) is 74.2 Å². The van der Waals surface area contributed by atoms with E-state index in [0.717, 1.165) is 77.0 Å². The van der Waals surface area contributed by atoms with Gasteiger partial charge < -0.3 is 14.3 Å². The van der Waals surface area contributed by atoms with Gasteiger partial charge in [0.25, 0.3) is 0 Å². The lowest BCUT2D eigenvalue weighted by Gasteiger charge is -2.15. The molecule has 0 atom stereocenters. The average molecular weight is 606 g/mol. The number of carbonyl (C=O) groups excluding carboxylic acids is 2. The maximum Gasteiger partial charge on any atom is 0.330 e. The van der Waals surface area contributed by atoms with Gasteiger partial charge in [-0.3, -0.25) is 0 Å². The van der Waals surface area contributed by atoms with Crippen molar-refractivity contribution in [3.05, 3.63) is 24.3 Å². The molecule has 0 fully saturated rings. The van der Waals surface area contributed by atoms with Crippen LogP contribution in [-0.4, -0.2) is 37.5 Å². The Hall–Kier alpha value is -2.11. The maximum atomic E-state index is 11.7. The van der Waals surface area contributed by atoms with Crippen molar-refractivity contribution in [2.45, 2.75) is 181 Å². The zero-order valence-electron chi connectivity index (χ0n) is 28.3. The van der Waals surface area contributed by atoms with Crippen LogP contribution in [0.3, 0.4) is 0 Å². The van der Waals surface area contributed by atoms with Gasteiger partial charge in [-0.2, -0.15) is 0 Å². The van der Waals surface area contributed by atoms with Gasteiger partial charge >= 0.3 is 11.9 Å². The van der Waals surface area contributed by atoms with E-state index in [-0.39, 0.29) is 18.0 Å². The van der Waals surface area contributed by atoms with Gasteiger partial charge in [0.2, 0.25) is 0 Å². The fourth-order valence-electron chi connectivity index (χ4n) is 4.94. The number of hydrogen-bond donors (Lipinski definition) is 0. The lowest BCUT2D eigenvalue weighted by atomic mass is 10.0. The third-order valence-electron chi connectivity index (χ3n) is 7.60. The molecule has 0 radical (unpaired) electrons. The molecule has 0 bridgehead atoms. The van der Waals surface area contributed by atoms with Gasteiger partial charge in [0.1, 0.15) is 6.10 Å². The molecule has 0 aliphatic rings. The summed E-state index contributed by atoms with van der Waals surface area (Å²) >= 11 is 0. The molecule has 6 heteroatoms. The Bertz CT molecular complexity index is 651. The molecule has 250 valence electrons. The summed E-state index contributed by atoms with van der Waals surface area (Å²) in [4.78, 5) is 29.2. The Kier molecular flexibility index (Phi) is 32.7. The van der Waals surface area contributed by atoms with Gasteiger partial charge in [-0.15, -0.1) is 0 Å². The number of unbranched alkanes of at least 4 members (excludes halogenated alkanes) is 18. The fourth-order valence-corrected chi connectivity index (χ4v) is 4.94. The average Bonchev–Trinajstić information content (AvgIpc) is 3.01. The second kappa shape index (κ2) is 34.4. The third kappa shape index (κ3) is 32.6. The monoisotopic (exact) mass is 606 g/mol. The van der Waals surface area contributed by atoms with Crippen molar-refractivity contribution in [2.75, 3.05) is 13.2 Å². The molecule has 0 aromatic heterocycles. The molecule has 0 spiro atoms. The summed E-state index contributed by atoms with van der Waals surface area (Å²) in [6.07, 6.45) is 36.4. The summed E-state index contributed by atoms with van der Waals surface area (Å²) in [6.45, 7) is 7.34. The first-order valence-corrected chi connectivity index (χ1v) is 17.9. The van der Waals surface area contributed by atoms with E-state index in [1.54, 1.807) is 18.4 Å². The van der Waals surface area contributed by atoms with Gasteiger partial charge in [-0.1, -0.05) is 121 Å². The largest absolute Gasteiger partial charge is 0.463 e. The molecule has 0 aromatic carbocycles. The van der Waals surface area contributed by atoms with Crippen molar-refractivity contribution >= 4 is 18.2 Å². The molecule has 0 unspecified atom stereocenters. The van der Waals surface area contributed by atoms with Crippen molar-refractivity contribution in [1.82, 2.24) is 0 Å². The zero-order valence-corrected chi connectivity index (χ0v) is 28.3. The van der Waals surface area contributed by atoms with Gasteiger partial charge in [0.05, 0.1) is 13.2 Å². The van der Waals surface area contributed by atoms with E-state index in [2.05, 4.69) is 19.0 Å². The van der Waals surface area contributed by atoms with Crippen LogP contribution in [0.15, 0.2) is 29.5 Å². The SMILES string of the molecule is C/C=N/OC(CCCCCCCCOC(=O)/C=C\CCCCCC)CCCCCCCCOC(=O)/C=C\CCCCCC. The fraction of sp³-hybridized carbons (Fsp3) is 0.811. The lowest BCUT2D eigenvalue weighted by Crippen LogP contribution is -2.10. The van der Waals surface area contributed by atoms with Crippen molar-refractivity contribution in [1.29, 1.82) is 0 Å². The molecule has 0 heterocycles. The predicted octanol–water partition coefficient (Wildman–Crippen LogP) is 11.0. The first kappa shape index (κ1) is 40.9. The van der Waals surface area contributed by atoms with Crippen LogP contribution in [0.5, 0.6) is 0 Å². The molecule has 43 heavy (non-hydrogen) atoms. The normalized spacial score (nSPS) is 11.8. The molecular weight excluding hydrogens is 538 g/mol. The molecule has 0 saturated carbocycles. The van der Waals surface area contributed by atoms with E-state index in [4.69, 9.17) is 14.3 Å².